The minimum absolute atomic E-state index is 0.683. The zero-order chi connectivity index (χ0) is 16.4. The van der Waals surface area contributed by atoms with E-state index >= 15 is 0 Å². The van der Waals surface area contributed by atoms with Gasteiger partial charge in [-0.1, -0.05) is 0 Å². The molecule has 3 aromatic heterocycles. The molecule has 7 nitrogen and oxygen atoms in total. The highest BCUT2D eigenvalue weighted by atomic mass is 16.3. The van der Waals surface area contributed by atoms with Crippen molar-refractivity contribution in [2.45, 2.75) is 6.92 Å². The molecule has 3 aromatic rings. The first kappa shape index (κ1) is 14.7. The van der Waals surface area contributed by atoms with Crippen molar-refractivity contribution in [3.05, 3.63) is 36.9 Å². The van der Waals surface area contributed by atoms with Gasteiger partial charge in [0.05, 0.1) is 11.6 Å². The normalized spacial score (nSPS) is 15.0. The predicted octanol–water partition coefficient (Wildman–Crippen LogP) is 2.38. The molecule has 4 heterocycles. The number of nitrogens with zero attached hydrogens (tertiary/aromatic N) is 5. The van der Waals surface area contributed by atoms with Crippen LogP contribution in [0.2, 0.25) is 0 Å². The molecule has 1 aliphatic heterocycles. The van der Waals surface area contributed by atoms with Crippen LogP contribution in [-0.2, 0) is 0 Å². The summed E-state index contributed by atoms with van der Waals surface area (Å²) in [5.74, 6) is 2.65. The fourth-order valence-corrected chi connectivity index (χ4v) is 3.05. The van der Waals surface area contributed by atoms with Crippen LogP contribution in [0, 0.1) is 0 Å². The molecule has 1 fully saturated rings. The van der Waals surface area contributed by atoms with Gasteiger partial charge < -0.3 is 19.5 Å². The van der Waals surface area contributed by atoms with E-state index in [4.69, 9.17) is 4.42 Å². The number of pyridine rings is 1. The van der Waals surface area contributed by atoms with Gasteiger partial charge in [-0.05, 0) is 25.1 Å². The molecule has 0 aromatic carbocycles. The van der Waals surface area contributed by atoms with E-state index in [1.807, 2.05) is 25.1 Å². The minimum Gasteiger partial charge on any atom is -0.464 e. The van der Waals surface area contributed by atoms with Crippen LogP contribution < -0.4 is 15.1 Å². The number of furan rings is 1. The number of nitrogens with one attached hydrogen (secondary N) is 1. The van der Waals surface area contributed by atoms with E-state index in [9.17, 15) is 0 Å². The van der Waals surface area contributed by atoms with Crippen LogP contribution in [0.5, 0.6) is 0 Å². The first-order valence-electron chi connectivity index (χ1n) is 8.24. The third kappa shape index (κ3) is 2.73. The lowest BCUT2D eigenvalue weighted by molar-refractivity contribution is 0.614. The Kier molecular flexibility index (Phi) is 3.90. The molecular weight excluding hydrogens is 304 g/mol. The van der Waals surface area contributed by atoms with E-state index in [2.05, 4.69) is 30.1 Å². The van der Waals surface area contributed by atoms with E-state index < -0.39 is 0 Å². The fraction of sp³-hybridized carbons (Fsp3) is 0.353. The first-order valence-corrected chi connectivity index (χ1v) is 8.24. The average molecular weight is 324 g/mol. The molecule has 124 valence electrons. The standard InChI is InChI=1S/C17H20N6O/c1-2-18-17-20-7-4-15(21-17)22-8-10-23(11-9-22)16-13-5-12-24-14(13)3-6-19-16/h3-7,12H,2,8-11H2,1H3,(H,18,20,21). The van der Waals surface area contributed by atoms with Crippen molar-refractivity contribution in [3.63, 3.8) is 0 Å². The molecule has 24 heavy (non-hydrogen) atoms. The molecule has 4 rings (SSSR count). The van der Waals surface area contributed by atoms with Crippen molar-refractivity contribution in [2.75, 3.05) is 47.8 Å². The average Bonchev–Trinajstić information content (AvgIpc) is 3.11. The number of piperazine rings is 1. The second-order valence-electron chi connectivity index (χ2n) is 5.71. The van der Waals surface area contributed by atoms with Crippen LogP contribution in [0.25, 0.3) is 11.0 Å². The molecule has 0 spiro atoms. The Labute approximate surface area is 140 Å². The van der Waals surface area contributed by atoms with Crippen molar-refractivity contribution in [3.8, 4) is 0 Å². The molecule has 0 atom stereocenters. The SMILES string of the molecule is CCNc1nccc(N2CCN(c3nccc4occc34)CC2)n1. The van der Waals surface area contributed by atoms with Crippen molar-refractivity contribution in [1.29, 1.82) is 0 Å². The topological polar surface area (TPSA) is 70.3 Å². The van der Waals surface area contributed by atoms with Crippen LogP contribution in [0.1, 0.15) is 6.92 Å². The summed E-state index contributed by atoms with van der Waals surface area (Å²) in [6.45, 7) is 6.46. The van der Waals surface area contributed by atoms with Crippen LogP contribution in [0.4, 0.5) is 17.6 Å². The number of fused-ring (bicyclic) bond motifs is 1. The van der Waals surface area contributed by atoms with E-state index in [1.54, 1.807) is 18.7 Å². The monoisotopic (exact) mass is 324 g/mol. The van der Waals surface area contributed by atoms with E-state index in [-0.39, 0.29) is 0 Å². The Morgan fingerprint density at radius 1 is 1.04 bits per heavy atom. The second-order valence-corrected chi connectivity index (χ2v) is 5.71. The molecule has 0 radical (unpaired) electrons. The lowest BCUT2D eigenvalue weighted by atomic mass is 10.2. The van der Waals surface area contributed by atoms with Crippen molar-refractivity contribution in [1.82, 2.24) is 15.0 Å². The molecule has 0 amide bonds. The Bertz CT molecular complexity index is 825. The van der Waals surface area contributed by atoms with Crippen molar-refractivity contribution < 1.29 is 4.42 Å². The highest BCUT2D eigenvalue weighted by Crippen LogP contribution is 2.26. The Morgan fingerprint density at radius 2 is 1.83 bits per heavy atom. The smallest absolute Gasteiger partial charge is 0.224 e. The van der Waals surface area contributed by atoms with Gasteiger partial charge in [-0.25, -0.2) is 9.97 Å². The maximum absolute atomic E-state index is 5.47. The summed E-state index contributed by atoms with van der Waals surface area (Å²) >= 11 is 0. The molecule has 0 aliphatic carbocycles. The van der Waals surface area contributed by atoms with Gasteiger partial charge in [0.1, 0.15) is 17.2 Å². The van der Waals surface area contributed by atoms with Gasteiger partial charge in [-0.2, -0.15) is 4.98 Å². The highest BCUT2D eigenvalue weighted by Gasteiger charge is 2.21. The number of anilines is 3. The lowest BCUT2D eigenvalue weighted by Gasteiger charge is -2.36. The van der Waals surface area contributed by atoms with Gasteiger partial charge in [0, 0.05) is 45.1 Å². The third-order valence-corrected chi connectivity index (χ3v) is 4.24. The van der Waals surface area contributed by atoms with Crippen LogP contribution in [-0.4, -0.2) is 47.7 Å². The van der Waals surface area contributed by atoms with Gasteiger partial charge in [-0.15, -0.1) is 0 Å². The molecule has 1 N–H and O–H groups in total. The van der Waals surface area contributed by atoms with E-state index in [0.717, 1.165) is 55.3 Å². The molecule has 1 saturated heterocycles. The number of rotatable bonds is 4. The number of hydrogen-bond donors (Lipinski definition) is 1. The molecule has 1 aliphatic rings. The highest BCUT2D eigenvalue weighted by molar-refractivity contribution is 5.88. The summed E-state index contributed by atoms with van der Waals surface area (Å²) < 4.78 is 5.47. The quantitative estimate of drug-likeness (QED) is 0.790. The fourth-order valence-electron chi connectivity index (χ4n) is 3.05. The Hall–Kier alpha value is -2.83. The largest absolute Gasteiger partial charge is 0.464 e. The van der Waals surface area contributed by atoms with Gasteiger partial charge in [-0.3, -0.25) is 0 Å². The molecule has 0 saturated carbocycles. The minimum atomic E-state index is 0.683. The van der Waals surface area contributed by atoms with Gasteiger partial charge in [0.15, 0.2) is 0 Å². The van der Waals surface area contributed by atoms with Gasteiger partial charge in [0.25, 0.3) is 0 Å². The molecule has 0 bridgehead atoms. The number of hydrogen-bond acceptors (Lipinski definition) is 7. The third-order valence-electron chi connectivity index (χ3n) is 4.24. The van der Waals surface area contributed by atoms with E-state index in [1.165, 1.54) is 0 Å². The zero-order valence-corrected chi connectivity index (χ0v) is 13.6. The van der Waals surface area contributed by atoms with Crippen LogP contribution >= 0.6 is 0 Å². The maximum atomic E-state index is 5.47. The lowest BCUT2D eigenvalue weighted by Crippen LogP contribution is -2.47. The summed E-state index contributed by atoms with van der Waals surface area (Å²) in [7, 11) is 0. The first-order chi connectivity index (χ1) is 11.8. The molecule has 7 heteroatoms. The van der Waals surface area contributed by atoms with Crippen LogP contribution in [0.3, 0.4) is 0 Å². The van der Waals surface area contributed by atoms with Crippen molar-refractivity contribution in [2.24, 2.45) is 0 Å². The summed E-state index contributed by atoms with van der Waals surface area (Å²) in [5, 5.41) is 4.23. The summed E-state index contributed by atoms with van der Waals surface area (Å²) in [4.78, 5) is 18.0. The summed E-state index contributed by atoms with van der Waals surface area (Å²) in [6.07, 6.45) is 5.33. The summed E-state index contributed by atoms with van der Waals surface area (Å²) in [6, 6.07) is 5.85. The molecule has 0 unspecified atom stereocenters. The Balaban J connectivity index is 1.49. The van der Waals surface area contributed by atoms with Gasteiger partial charge >= 0.3 is 0 Å². The van der Waals surface area contributed by atoms with Gasteiger partial charge in [0.2, 0.25) is 5.95 Å². The Morgan fingerprint density at radius 3 is 2.67 bits per heavy atom. The second kappa shape index (κ2) is 6.35. The molecular formula is C17H20N6O. The number of aromatic nitrogens is 3. The zero-order valence-electron chi connectivity index (χ0n) is 13.6. The van der Waals surface area contributed by atoms with Crippen LogP contribution in [0.15, 0.2) is 41.3 Å². The maximum Gasteiger partial charge on any atom is 0.224 e. The van der Waals surface area contributed by atoms with E-state index in [0.29, 0.717) is 5.95 Å². The summed E-state index contributed by atoms with van der Waals surface area (Å²) in [5.41, 5.74) is 0.883. The predicted molar refractivity (Wildman–Crippen MR) is 94.6 cm³/mol. The van der Waals surface area contributed by atoms with Crippen molar-refractivity contribution >= 4 is 28.6 Å².